The van der Waals surface area contributed by atoms with Crippen LogP contribution in [0.1, 0.15) is 16.1 Å². The second-order valence-corrected chi connectivity index (χ2v) is 4.11. The van der Waals surface area contributed by atoms with Gasteiger partial charge in [-0.15, -0.1) is 0 Å². The van der Waals surface area contributed by atoms with Crippen LogP contribution in [0.15, 0.2) is 41.2 Å². The molecule has 0 saturated carbocycles. The fourth-order valence-corrected chi connectivity index (χ4v) is 1.86. The quantitative estimate of drug-likeness (QED) is 0.924. The average molecular weight is 277 g/mol. The largest absolute Gasteiger partial charge is 0.494 e. The number of carboxylic acids is 1. The fourth-order valence-electron chi connectivity index (χ4n) is 1.86. The van der Waals surface area contributed by atoms with E-state index in [9.17, 15) is 14.0 Å². The molecule has 0 bridgehead atoms. The van der Waals surface area contributed by atoms with Gasteiger partial charge in [0.2, 0.25) is 0 Å². The van der Waals surface area contributed by atoms with Crippen molar-refractivity contribution in [3.63, 3.8) is 0 Å². The minimum Gasteiger partial charge on any atom is -0.494 e. The molecule has 0 unspecified atom stereocenters. The van der Waals surface area contributed by atoms with Crippen LogP contribution in [-0.4, -0.2) is 22.8 Å². The summed E-state index contributed by atoms with van der Waals surface area (Å²) in [5, 5.41) is 9.05. The Hall–Kier alpha value is -2.63. The number of hydrogen-bond donors (Lipinski definition) is 1. The number of aromatic nitrogens is 1. The molecule has 0 fully saturated rings. The molecule has 1 heterocycles. The second-order valence-electron chi connectivity index (χ2n) is 4.11. The van der Waals surface area contributed by atoms with Gasteiger partial charge in [-0.05, 0) is 23.8 Å². The van der Waals surface area contributed by atoms with Gasteiger partial charge in [0, 0.05) is 6.07 Å². The maximum Gasteiger partial charge on any atom is 0.352 e. The van der Waals surface area contributed by atoms with Crippen LogP contribution in [0, 0.1) is 5.82 Å². The number of carbonyl (C=O) groups is 1. The number of methoxy groups -OCH3 is 1. The third kappa shape index (κ3) is 2.69. The van der Waals surface area contributed by atoms with Crippen molar-refractivity contribution in [2.75, 3.05) is 7.11 Å². The predicted molar refractivity (Wildman–Crippen MR) is 69.7 cm³/mol. The van der Waals surface area contributed by atoms with Crippen molar-refractivity contribution in [2.24, 2.45) is 0 Å². The van der Waals surface area contributed by atoms with Gasteiger partial charge in [0.25, 0.3) is 5.56 Å². The molecule has 0 atom stereocenters. The molecule has 20 heavy (non-hydrogen) atoms. The molecule has 0 aliphatic heterocycles. The van der Waals surface area contributed by atoms with E-state index in [1.807, 2.05) is 0 Å². The Morgan fingerprint density at radius 1 is 1.35 bits per heavy atom. The molecule has 0 spiro atoms. The zero-order valence-electron chi connectivity index (χ0n) is 10.7. The number of nitrogens with zero attached hydrogens (tertiary/aromatic N) is 1. The number of rotatable bonds is 4. The summed E-state index contributed by atoms with van der Waals surface area (Å²) in [7, 11) is 1.35. The van der Waals surface area contributed by atoms with E-state index in [0.717, 1.165) is 4.57 Å². The number of ether oxygens (including phenoxy) is 1. The molecule has 104 valence electrons. The molecule has 1 aromatic heterocycles. The first kappa shape index (κ1) is 13.8. The summed E-state index contributed by atoms with van der Waals surface area (Å²) in [6.07, 6.45) is 0. The first-order valence-corrected chi connectivity index (χ1v) is 5.78. The number of aromatic carboxylic acids is 1. The molecule has 0 aliphatic rings. The Morgan fingerprint density at radius 3 is 2.70 bits per heavy atom. The summed E-state index contributed by atoms with van der Waals surface area (Å²) < 4.78 is 19.5. The highest BCUT2D eigenvalue weighted by Gasteiger charge is 2.12. The van der Waals surface area contributed by atoms with E-state index >= 15 is 0 Å². The normalized spacial score (nSPS) is 10.3. The van der Waals surface area contributed by atoms with Crippen LogP contribution >= 0.6 is 0 Å². The van der Waals surface area contributed by atoms with Crippen LogP contribution in [0.4, 0.5) is 4.39 Å². The van der Waals surface area contributed by atoms with Crippen LogP contribution in [0.2, 0.25) is 0 Å². The fraction of sp³-hybridized carbons (Fsp3) is 0.143. The summed E-state index contributed by atoms with van der Waals surface area (Å²) in [4.78, 5) is 22.8. The molecule has 0 saturated heterocycles. The Morgan fingerprint density at radius 2 is 2.10 bits per heavy atom. The first-order chi connectivity index (χ1) is 9.52. The first-order valence-electron chi connectivity index (χ1n) is 5.78. The van der Waals surface area contributed by atoms with Crippen molar-refractivity contribution in [1.82, 2.24) is 4.57 Å². The number of carboxylic acid groups (broad SMARTS) is 1. The van der Waals surface area contributed by atoms with Crippen LogP contribution in [0.5, 0.6) is 5.75 Å². The number of benzene rings is 1. The molecule has 0 radical (unpaired) electrons. The Labute approximate surface area is 113 Å². The van der Waals surface area contributed by atoms with Crippen molar-refractivity contribution in [3.05, 3.63) is 63.8 Å². The lowest BCUT2D eigenvalue weighted by atomic mass is 10.2. The predicted octanol–water partition coefficient (Wildman–Crippen LogP) is 1.74. The van der Waals surface area contributed by atoms with Gasteiger partial charge < -0.3 is 9.84 Å². The number of halogens is 1. The third-order valence-electron chi connectivity index (χ3n) is 2.83. The molecule has 0 aliphatic carbocycles. The van der Waals surface area contributed by atoms with E-state index in [1.165, 1.54) is 37.4 Å². The highest BCUT2D eigenvalue weighted by molar-refractivity contribution is 5.85. The van der Waals surface area contributed by atoms with Crippen LogP contribution in [-0.2, 0) is 6.54 Å². The number of pyridine rings is 1. The Kier molecular flexibility index (Phi) is 3.84. The molecule has 0 amide bonds. The summed E-state index contributed by atoms with van der Waals surface area (Å²) in [6.45, 7) is -0.0256. The van der Waals surface area contributed by atoms with E-state index in [2.05, 4.69) is 0 Å². The van der Waals surface area contributed by atoms with Gasteiger partial charge in [-0.2, -0.15) is 0 Å². The number of hydrogen-bond acceptors (Lipinski definition) is 3. The van der Waals surface area contributed by atoms with Gasteiger partial charge in [0.15, 0.2) is 11.6 Å². The molecule has 1 aromatic carbocycles. The highest BCUT2D eigenvalue weighted by atomic mass is 19.1. The zero-order valence-corrected chi connectivity index (χ0v) is 10.7. The van der Waals surface area contributed by atoms with Crippen molar-refractivity contribution in [2.45, 2.75) is 6.54 Å². The monoisotopic (exact) mass is 277 g/mol. The average Bonchev–Trinajstić information content (AvgIpc) is 2.41. The third-order valence-corrected chi connectivity index (χ3v) is 2.83. The van der Waals surface area contributed by atoms with E-state index in [0.29, 0.717) is 5.56 Å². The zero-order chi connectivity index (χ0) is 14.7. The highest BCUT2D eigenvalue weighted by Crippen LogP contribution is 2.18. The lowest BCUT2D eigenvalue weighted by Gasteiger charge is -2.10. The van der Waals surface area contributed by atoms with E-state index in [4.69, 9.17) is 9.84 Å². The van der Waals surface area contributed by atoms with Crippen molar-refractivity contribution in [3.8, 4) is 5.75 Å². The summed E-state index contributed by atoms with van der Waals surface area (Å²) >= 11 is 0. The van der Waals surface area contributed by atoms with Crippen LogP contribution < -0.4 is 10.3 Å². The minimum atomic E-state index is -1.21. The Balaban J connectivity index is 2.42. The van der Waals surface area contributed by atoms with Gasteiger partial charge in [-0.25, -0.2) is 9.18 Å². The molecule has 1 N–H and O–H groups in total. The lowest BCUT2D eigenvalue weighted by Crippen LogP contribution is -2.25. The topological polar surface area (TPSA) is 68.5 Å². The smallest absolute Gasteiger partial charge is 0.352 e. The molecule has 5 nitrogen and oxygen atoms in total. The minimum absolute atomic E-state index is 0.0256. The van der Waals surface area contributed by atoms with Gasteiger partial charge in [-0.3, -0.25) is 9.36 Å². The maximum absolute atomic E-state index is 13.6. The molecule has 2 rings (SSSR count). The Bertz CT molecular complexity index is 709. The van der Waals surface area contributed by atoms with Gasteiger partial charge in [0.1, 0.15) is 5.69 Å². The van der Waals surface area contributed by atoms with Crippen LogP contribution in [0.25, 0.3) is 0 Å². The van der Waals surface area contributed by atoms with E-state index in [-0.39, 0.29) is 18.0 Å². The summed E-state index contributed by atoms with van der Waals surface area (Å²) in [5.41, 5.74) is -0.131. The van der Waals surface area contributed by atoms with Crippen molar-refractivity contribution < 1.29 is 19.0 Å². The molecular formula is C14H12FNO4. The lowest BCUT2D eigenvalue weighted by molar-refractivity contribution is 0.0684. The van der Waals surface area contributed by atoms with Crippen molar-refractivity contribution >= 4 is 5.97 Å². The summed E-state index contributed by atoms with van der Waals surface area (Å²) in [5.74, 6) is -1.69. The second kappa shape index (κ2) is 5.56. The standard InChI is InChI=1S/C14H12FNO4/c1-20-12-6-5-9(7-10(12)15)8-16-11(14(18)19)3-2-4-13(16)17/h2-7H,8H2,1H3,(H,18,19). The van der Waals surface area contributed by atoms with Gasteiger partial charge >= 0.3 is 5.97 Å². The van der Waals surface area contributed by atoms with Gasteiger partial charge in [0.05, 0.1) is 13.7 Å². The SMILES string of the molecule is COc1ccc(Cn2c(C(=O)O)cccc2=O)cc1F. The maximum atomic E-state index is 13.6. The van der Waals surface area contributed by atoms with Crippen molar-refractivity contribution in [1.29, 1.82) is 0 Å². The van der Waals surface area contributed by atoms with Gasteiger partial charge in [-0.1, -0.05) is 12.1 Å². The van der Waals surface area contributed by atoms with Crippen LogP contribution in [0.3, 0.4) is 0 Å². The van der Waals surface area contributed by atoms with E-state index < -0.39 is 17.3 Å². The summed E-state index contributed by atoms with van der Waals surface area (Å²) in [6, 6.07) is 8.17. The molecule has 2 aromatic rings. The molecule has 6 heteroatoms. The van der Waals surface area contributed by atoms with E-state index in [1.54, 1.807) is 6.07 Å². The molecular weight excluding hydrogens is 265 g/mol.